The Kier molecular flexibility index (Phi) is 5.89. The third-order valence-corrected chi connectivity index (χ3v) is 14.8. The molecule has 0 N–H and O–H groups in total. The van der Waals surface area contributed by atoms with Crippen molar-refractivity contribution >= 4 is 53.9 Å². The summed E-state index contributed by atoms with van der Waals surface area (Å²) in [5.74, 6) is 3.34. The lowest BCUT2D eigenvalue weighted by Gasteiger charge is -2.61. The van der Waals surface area contributed by atoms with E-state index in [0.717, 1.165) is 23.7 Å². The van der Waals surface area contributed by atoms with Gasteiger partial charge in [-0.1, -0.05) is 146 Å². The Hall–Kier alpha value is -5.72. The highest BCUT2D eigenvalue weighted by Crippen LogP contribution is 2.70. The highest BCUT2D eigenvalue weighted by atomic mass is 14.6. The Morgan fingerprint density at radius 3 is 1.48 bits per heavy atom. The second-order valence-electron chi connectivity index (χ2n) is 17.2. The molecule has 0 heterocycles. The minimum Gasteiger partial charge on any atom is -0.0616 e. The van der Waals surface area contributed by atoms with Crippen LogP contribution in [0.5, 0.6) is 0 Å². The molecule has 0 aromatic heterocycles. The van der Waals surface area contributed by atoms with Gasteiger partial charge in [0.15, 0.2) is 0 Å². The fourth-order valence-electron chi connectivity index (χ4n) is 13.1. The van der Waals surface area contributed by atoms with E-state index in [1.165, 1.54) is 119 Å². The minimum atomic E-state index is 0.132. The highest BCUT2D eigenvalue weighted by Gasteiger charge is 2.62. The van der Waals surface area contributed by atoms with Crippen LogP contribution in [-0.2, 0) is 5.41 Å². The third-order valence-electron chi connectivity index (χ3n) is 14.8. The van der Waals surface area contributed by atoms with Gasteiger partial charge in [-0.15, -0.1) is 0 Å². The first-order valence-electron chi connectivity index (χ1n) is 20.3. The van der Waals surface area contributed by atoms with Gasteiger partial charge in [-0.05, 0) is 166 Å². The molecule has 0 saturated heterocycles. The molecule has 0 radical (unpaired) electrons. The zero-order valence-electron chi connectivity index (χ0n) is 30.4. The lowest BCUT2D eigenvalue weighted by Crippen LogP contribution is -2.55. The maximum atomic E-state index is 2.61. The van der Waals surface area contributed by atoms with E-state index in [-0.39, 0.29) is 5.41 Å². The molecule has 4 bridgehead atoms. The van der Waals surface area contributed by atoms with Gasteiger partial charge < -0.3 is 0 Å². The number of rotatable bonds is 2. The first-order valence-corrected chi connectivity index (χ1v) is 20.3. The lowest BCUT2D eigenvalue weighted by molar-refractivity contribution is -0.0393. The standard InChI is InChI=1S/C54H40/c1-3-11-41-34(9-1)17-18-36-30-37(20-22-42(36)41)51-44-13-5-7-15-46(44)52(47-16-8-6-14-45(47)51)38-21-24-50-49(31-38)48-23-19-35-10-2-4-12-43(35)53(48)54(50)39-26-32-25-33(28-39)29-40(54)27-32/h1-24,30-33,39-40H,25-29H2. The third kappa shape index (κ3) is 3.79. The molecule has 0 atom stereocenters. The zero-order valence-corrected chi connectivity index (χ0v) is 30.4. The number of benzene rings is 9. The quantitative estimate of drug-likeness (QED) is 0.125. The predicted octanol–water partition coefficient (Wildman–Crippen LogP) is 14.5. The molecule has 9 aromatic carbocycles. The van der Waals surface area contributed by atoms with Crippen molar-refractivity contribution in [2.24, 2.45) is 23.7 Å². The number of fused-ring (bicyclic) bond motifs is 10. The van der Waals surface area contributed by atoms with E-state index in [1.54, 1.807) is 11.1 Å². The van der Waals surface area contributed by atoms with E-state index in [0.29, 0.717) is 0 Å². The molecule has 54 heavy (non-hydrogen) atoms. The van der Waals surface area contributed by atoms with Crippen molar-refractivity contribution in [2.75, 3.05) is 0 Å². The molecule has 0 nitrogen and oxygen atoms in total. The van der Waals surface area contributed by atoms with Gasteiger partial charge in [-0.3, -0.25) is 0 Å². The highest BCUT2D eigenvalue weighted by molar-refractivity contribution is 6.22. The molecule has 5 aliphatic rings. The molecular weight excluding hydrogens is 649 g/mol. The van der Waals surface area contributed by atoms with Gasteiger partial charge >= 0.3 is 0 Å². The normalized spacial score (nSPS) is 23.6. The molecule has 256 valence electrons. The van der Waals surface area contributed by atoms with Crippen molar-refractivity contribution in [1.29, 1.82) is 0 Å². The van der Waals surface area contributed by atoms with Crippen LogP contribution in [0.15, 0.2) is 158 Å². The van der Waals surface area contributed by atoms with Crippen molar-refractivity contribution in [3.8, 4) is 33.4 Å². The smallest absolute Gasteiger partial charge is 0.0278 e. The maximum Gasteiger partial charge on any atom is 0.0278 e. The molecule has 9 aromatic rings. The van der Waals surface area contributed by atoms with E-state index in [1.807, 2.05) is 0 Å². The van der Waals surface area contributed by atoms with E-state index in [4.69, 9.17) is 0 Å². The van der Waals surface area contributed by atoms with Crippen molar-refractivity contribution < 1.29 is 0 Å². The SMILES string of the molecule is c1ccc2c3c(ccc2c1)-c1cc(-c2c4ccccc4c(-c4ccc5c(ccc6ccccc65)c4)c4ccccc24)ccc1C31C2CC3CC(C2)CC1C3. The summed E-state index contributed by atoms with van der Waals surface area (Å²) in [4.78, 5) is 0. The van der Waals surface area contributed by atoms with E-state index in [9.17, 15) is 0 Å². The monoisotopic (exact) mass is 688 g/mol. The van der Waals surface area contributed by atoms with Crippen molar-refractivity contribution in [1.82, 2.24) is 0 Å². The largest absolute Gasteiger partial charge is 0.0616 e. The fraction of sp³-hybridized carbons (Fsp3) is 0.185. The van der Waals surface area contributed by atoms with Crippen LogP contribution >= 0.6 is 0 Å². The van der Waals surface area contributed by atoms with Gasteiger partial charge in [0.1, 0.15) is 0 Å². The van der Waals surface area contributed by atoms with Crippen LogP contribution in [-0.4, -0.2) is 0 Å². The molecular formula is C54H40. The Morgan fingerprint density at radius 1 is 0.352 bits per heavy atom. The van der Waals surface area contributed by atoms with Crippen LogP contribution in [0.4, 0.5) is 0 Å². The summed E-state index contributed by atoms with van der Waals surface area (Å²) in [6.07, 6.45) is 7.08. The first-order chi connectivity index (χ1) is 26.7. The second-order valence-corrected chi connectivity index (χ2v) is 17.2. The molecule has 1 spiro atoms. The van der Waals surface area contributed by atoms with Gasteiger partial charge in [0.05, 0.1) is 0 Å². The van der Waals surface area contributed by atoms with E-state index >= 15 is 0 Å². The van der Waals surface area contributed by atoms with Gasteiger partial charge in [0.2, 0.25) is 0 Å². The summed E-state index contributed by atoms with van der Waals surface area (Å²) in [6, 6.07) is 60.6. The fourth-order valence-corrected chi connectivity index (χ4v) is 13.1. The summed E-state index contributed by atoms with van der Waals surface area (Å²) in [5, 5.41) is 13.4. The van der Waals surface area contributed by atoms with Crippen LogP contribution in [0, 0.1) is 23.7 Å². The molecule has 0 unspecified atom stereocenters. The molecule has 0 amide bonds. The Bertz CT molecular complexity index is 2980. The Labute approximate surface area is 316 Å². The Balaban J connectivity index is 1.06. The van der Waals surface area contributed by atoms with Gasteiger partial charge in [0, 0.05) is 5.41 Å². The second kappa shape index (κ2) is 10.7. The first kappa shape index (κ1) is 29.7. The Morgan fingerprint density at radius 2 is 0.833 bits per heavy atom. The summed E-state index contributed by atoms with van der Waals surface area (Å²) in [5.41, 5.74) is 11.7. The van der Waals surface area contributed by atoms with Crippen molar-refractivity contribution in [3.63, 3.8) is 0 Å². The summed E-state index contributed by atoms with van der Waals surface area (Å²) >= 11 is 0. The zero-order chi connectivity index (χ0) is 35.1. The summed E-state index contributed by atoms with van der Waals surface area (Å²) < 4.78 is 0. The molecule has 0 aliphatic heterocycles. The van der Waals surface area contributed by atoms with Crippen LogP contribution in [0.2, 0.25) is 0 Å². The van der Waals surface area contributed by atoms with Gasteiger partial charge in [-0.25, -0.2) is 0 Å². The van der Waals surface area contributed by atoms with Crippen LogP contribution in [0.3, 0.4) is 0 Å². The average Bonchev–Trinajstić information content (AvgIpc) is 3.52. The number of hydrogen-bond donors (Lipinski definition) is 0. The van der Waals surface area contributed by atoms with Crippen LogP contribution < -0.4 is 0 Å². The van der Waals surface area contributed by atoms with Crippen molar-refractivity contribution in [3.05, 3.63) is 169 Å². The summed E-state index contributed by atoms with van der Waals surface area (Å²) in [7, 11) is 0. The lowest BCUT2D eigenvalue weighted by atomic mass is 9.43. The molecule has 4 saturated carbocycles. The average molecular weight is 689 g/mol. The van der Waals surface area contributed by atoms with Crippen LogP contribution in [0.25, 0.3) is 87.2 Å². The number of hydrogen-bond acceptors (Lipinski definition) is 0. The molecule has 4 fully saturated rings. The molecule has 14 rings (SSSR count). The van der Waals surface area contributed by atoms with Crippen LogP contribution in [0.1, 0.15) is 43.2 Å². The maximum absolute atomic E-state index is 2.61. The van der Waals surface area contributed by atoms with Gasteiger partial charge in [0.25, 0.3) is 0 Å². The molecule has 0 heteroatoms. The van der Waals surface area contributed by atoms with E-state index in [2.05, 4.69) is 158 Å². The summed E-state index contributed by atoms with van der Waals surface area (Å²) in [6.45, 7) is 0. The topological polar surface area (TPSA) is 0 Å². The minimum absolute atomic E-state index is 0.132. The van der Waals surface area contributed by atoms with E-state index < -0.39 is 0 Å². The predicted molar refractivity (Wildman–Crippen MR) is 228 cm³/mol. The van der Waals surface area contributed by atoms with Gasteiger partial charge in [-0.2, -0.15) is 0 Å². The van der Waals surface area contributed by atoms with Crippen molar-refractivity contribution in [2.45, 2.75) is 37.5 Å². The molecule has 5 aliphatic carbocycles.